The first-order valence-electron chi connectivity index (χ1n) is 6.49. The number of fused-ring (bicyclic) bond motifs is 1. The lowest BCUT2D eigenvalue weighted by molar-refractivity contribution is 0.194. The van der Waals surface area contributed by atoms with Crippen molar-refractivity contribution >= 4 is 28.7 Å². The lowest BCUT2D eigenvalue weighted by atomic mass is 10.1. The maximum Gasteiger partial charge on any atom is 0.404 e. The Morgan fingerprint density at radius 1 is 1.29 bits per heavy atom. The highest BCUT2D eigenvalue weighted by atomic mass is 16.4. The lowest BCUT2D eigenvalue weighted by Crippen LogP contribution is -2.28. The van der Waals surface area contributed by atoms with Gasteiger partial charge in [0.25, 0.3) is 0 Å². The molecule has 2 rings (SSSR count). The van der Waals surface area contributed by atoms with Crippen LogP contribution in [0.5, 0.6) is 0 Å². The van der Waals surface area contributed by atoms with E-state index in [1.54, 1.807) is 12.3 Å². The molecule has 110 valence electrons. The van der Waals surface area contributed by atoms with Crippen molar-refractivity contribution in [2.75, 3.05) is 11.9 Å². The highest BCUT2D eigenvalue weighted by Crippen LogP contribution is 2.20. The second-order valence-electron chi connectivity index (χ2n) is 4.35. The van der Waals surface area contributed by atoms with E-state index in [4.69, 9.17) is 5.11 Å². The Morgan fingerprint density at radius 2 is 2.10 bits per heavy atom. The van der Waals surface area contributed by atoms with E-state index in [-0.39, 0.29) is 12.6 Å². The number of hydrogen-bond acceptors (Lipinski definition) is 3. The molecule has 3 amide bonds. The van der Waals surface area contributed by atoms with E-state index in [1.165, 1.54) is 0 Å². The van der Waals surface area contributed by atoms with E-state index in [2.05, 4.69) is 20.9 Å². The molecule has 0 saturated carbocycles. The molecule has 0 radical (unpaired) electrons. The maximum absolute atomic E-state index is 11.5. The maximum atomic E-state index is 11.5. The fraction of sp³-hybridized carbons (Fsp3) is 0.214. The Morgan fingerprint density at radius 3 is 2.81 bits per heavy atom. The second-order valence-corrected chi connectivity index (χ2v) is 4.35. The number of urea groups is 1. The zero-order chi connectivity index (χ0) is 15.2. The number of hydrogen-bond donors (Lipinski definition) is 4. The average Bonchev–Trinajstić information content (AvgIpc) is 2.44. The quantitative estimate of drug-likeness (QED) is 0.692. The van der Waals surface area contributed by atoms with Crippen molar-refractivity contribution < 1.29 is 14.7 Å². The van der Waals surface area contributed by atoms with Crippen LogP contribution in [0.3, 0.4) is 0 Å². The predicted octanol–water partition coefficient (Wildman–Crippen LogP) is 2.14. The van der Waals surface area contributed by atoms with Gasteiger partial charge in [-0.3, -0.25) is 5.32 Å². The molecule has 0 aliphatic heterocycles. The van der Waals surface area contributed by atoms with Crippen LogP contribution in [0.2, 0.25) is 0 Å². The van der Waals surface area contributed by atoms with Crippen LogP contribution in [0.25, 0.3) is 10.8 Å². The number of amides is 3. The molecule has 0 atom stereocenters. The fourth-order valence-corrected chi connectivity index (χ4v) is 1.95. The molecule has 1 aromatic carbocycles. The second kappa shape index (κ2) is 6.56. The monoisotopic (exact) mass is 288 g/mol. The molecule has 4 N–H and O–H groups in total. The van der Waals surface area contributed by atoms with E-state index in [0.29, 0.717) is 12.4 Å². The predicted molar refractivity (Wildman–Crippen MR) is 79.3 cm³/mol. The molecule has 21 heavy (non-hydrogen) atoms. The first-order valence-corrected chi connectivity index (χ1v) is 6.49. The summed E-state index contributed by atoms with van der Waals surface area (Å²) in [6.07, 6.45) is 0.546. The number of aromatic nitrogens is 1. The molecule has 0 aliphatic carbocycles. The number of nitrogens with one attached hydrogen (secondary N) is 3. The van der Waals surface area contributed by atoms with E-state index in [9.17, 15) is 9.59 Å². The summed E-state index contributed by atoms with van der Waals surface area (Å²) in [5, 5.41) is 18.0. The van der Waals surface area contributed by atoms with Gasteiger partial charge in [-0.2, -0.15) is 0 Å². The van der Waals surface area contributed by atoms with Gasteiger partial charge in [-0.15, -0.1) is 0 Å². The van der Waals surface area contributed by atoms with Crippen LogP contribution in [-0.4, -0.2) is 28.8 Å². The fourth-order valence-electron chi connectivity index (χ4n) is 1.95. The van der Waals surface area contributed by atoms with Gasteiger partial charge in [0.1, 0.15) is 5.82 Å². The van der Waals surface area contributed by atoms with Crippen molar-refractivity contribution in [3.63, 3.8) is 0 Å². The first kappa shape index (κ1) is 14.6. The van der Waals surface area contributed by atoms with E-state index >= 15 is 0 Å². The minimum Gasteiger partial charge on any atom is -0.465 e. The molecular weight excluding hydrogens is 272 g/mol. The normalized spacial score (nSPS) is 10.1. The largest absolute Gasteiger partial charge is 0.465 e. The number of carbonyl (C=O) groups excluding carboxylic acids is 1. The molecule has 0 fully saturated rings. The molecular formula is C14H16N4O3. The Hall–Kier alpha value is -2.83. The van der Waals surface area contributed by atoms with Gasteiger partial charge in [-0.05, 0) is 23.9 Å². The molecule has 0 spiro atoms. The third-order valence-corrected chi connectivity index (χ3v) is 2.86. The molecule has 0 saturated heterocycles. The van der Waals surface area contributed by atoms with Gasteiger partial charge in [-0.1, -0.05) is 18.2 Å². The number of anilines is 1. The minimum atomic E-state index is -1.07. The average molecular weight is 288 g/mol. The summed E-state index contributed by atoms with van der Waals surface area (Å²) >= 11 is 0. The van der Waals surface area contributed by atoms with E-state index in [0.717, 1.165) is 16.3 Å². The molecule has 0 aliphatic rings. The third kappa shape index (κ3) is 3.82. The van der Waals surface area contributed by atoms with Gasteiger partial charge < -0.3 is 15.7 Å². The first-order chi connectivity index (χ1) is 10.1. The van der Waals surface area contributed by atoms with Gasteiger partial charge in [-0.25, -0.2) is 14.6 Å². The Kier molecular flexibility index (Phi) is 4.55. The summed E-state index contributed by atoms with van der Waals surface area (Å²) < 4.78 is 0. The summed E-state index contributed by atoms with van der Waals surface area (Å²) in [5.41, 5.74) is 0.826. The van der Waals surface area contributed by atoms with Crippen LogP contribution in [-0.2, 0) is 6.54 Å². The van der Waals surface area contributed by atoms with Gasteiger partial charge in [0.15, 0.2) is 0 Å². The van der Waals surface area contributed by atoms with Gasteiger partial charge in [0, 0.05) is 24.7 Å². The topological polar surface area (TPSA) is 103 Å². The van der Waals surface area contributed by atoms with Crippen LogP contribution in [0.1, 0.15) is 12.5 Å². The zero-order valence-corrected chi connectivity index (χ0v) is 11.5. The molecule has 1 aromatic heterocycles. The number of nitrogens with zero attached hydrogens (tertiary/aromatic N) is 1. The van der Waals surface area contributed by atoms with Crippen molar-refractivity contribution in [2.45, 2.75) is 13.5 Å². The van der Waals surface area contributed by atoms with Crippen molar-refractivity contribution in [2.24, 2.45) is 0 Å². The SMILES string of the molecule is CCNC(=O)Nc1cc2cccc(CNC(=O)O)c2cn1. The Balaban J connectivity index is 2.24. The number of rotatable bonds is 4. The standard InChI is InChI=1S/C14H16N4O3/c1-2-15-13(19)18-12-6-9-4-3-5-10(7-17-14(20)21)11(9)8-16-12/h3-6,8,17H,2,7H2,1H3,(H,20,21)(H2,15,16,18,19). The number of carbonyl (C=O) groups is 2. The third-order valence-electron chi connectivity index (χ3n) is 2.86. The smallest absolute Gasteiger partial charge is 0.404 e. The van der Waals surface area contributed by atoms with Crippen molar-refractivity contribution in [3.05, 3.63) is 36.0 Å². The summed E-state index contributed by atoms with van der Waals surface area (Å²) in [6.45, 7) is 2.57. The Bertz CT molecular complexity index is 672. The summed E-state index contributed by atoms with van der Waals surface area (Å²) in [6, 6.07) is 6.97. The molecule has 2 aromatic rings. The van der Waals surface area contributed by atoms with Gasteiger partial charge >= 0.3 is 12.1 Å². The number of benzene rings is 1. The molecule has 1 heterocycles. The van der Waals surface area contributed by atoms with Crippen LogP contribution < -0.4 is 16.0 Å². The zero-order valence-electron chi connectivity index (χ0n) is 11.5. The summed E-state index contributed by atoms with van der Waals surface area (Å²) in [5.74, 6) is 0.441. The highest BCUT2D eigenvalue weighted by Gasteiger charge is 2.06. The van der Waals surface area contributed by atoms with Crippen molar-refractivity contribution in [3.8, 4) is 0 Å². The van der Waals surface area contributed by atoms with Crippen LogP contribution >= 0.6 is 0 Å². The van der Waals surface area contributed by atoms with E-state index < -0.39 is 6.09 Å². The highest BCUT2D eigenvalue weighted by molar-refractivity contribution is 5.92. The molecule has 7 nitrogen and oxygen atoms in total. The molecule has 7 heteroatoms. The lowest BCUT2D eigenvalue weighted by Gasteiger charge is -2.09. The summed E-state index contributed by atoms with van der Waals surface area (Å²) in [4.78, 5) is 26.2. The van der Waals surface area contributed by atoms with E-state index in [1.807, 2.05) is 25.1 Å². The molecule has 0 unspecified atom stereocenters. The van der Waals surface area contributed by atoms with Gasteiger partial charge in [0.2, 0.25) is 0 Å². The summed E-state index contributed by atoms with van der Waals surface area (Å²) in [7, 11) is 0. The van der Waals surface area contributed by atoms with Crippen LogP contribution in [0, 0.1) is 0 Å². The number of carboxylic acid groups (broad SMARTS) is 1. The Labute approximate surface area is 121 Å². The number of pyridine rings is 1. The molecule has 0 bridgehead atoms. The minimum absolute atomic E-state index is 0.206. The van der Waals surface area contributed by atoms with Crippen LogP contribution in [0.4, 0.5) is 15.4 Å². The van der Waals surface area contributed by atoms with Crippen molar-refractivity contribution in [1.29, 1.82) is 0 Å². The van der Waals surface area contributed by atoms with Gasteiger partial charge in [0.05, 0.1) is 0 Å². The van der Waals surface area contributed by atoms with Crippen molar-refractivity contribution in [1.82, 2.24) is 15.6 Å². The van der Waals surface area contributed by atoms with Crippen LogP contribution in [0.15, 0.2) is 30.5 Å².